The summed E-state index contributed by atoms with van der Waals surface area (Å²) in [7, 11) is 0. The lowest BCUT2D eigenvalue weighted by Gasteiger charge is -2.26. The number of benzene rings is 2. The molecule has 4 aromatic rings. The van der Waals surface area contributed by atoms with Gasteiger partial charge in [0.2, 0.25) is 0 Å². The van der Waals surface area contributed by atoms with Crippen molar-refractivity contribution in [2.45, 2.75) is 12.6 Å². The lowest BCUT2D eigenvalue weighted by atomic mass is 10.2. The maximum Gasteiger partial charge on any atom is 0.349 e. The largest absolute Gasteiger partial charge is 0.486 e. The van der Waals surface area contributed by atoms with Crippen molar-refractivity contribution in [3.8, 4) is 11.5 Å². The Labute approximate surface area is 170 Å². The molecular formula is C22H17N3O5. The summed E-state index contributed by atoms with van der Waals surface area (Å²) in [6.45, 7) is 0.846. The average molecular weight is 403 g/mol. The van der Waals surface area contributed by atoms with Crippen LogP contribution in [0.3, 0.4) is 0 Å². The van der Waals surface area contributed by atoms with Crippen LogP contribution in [-0.4, -0.2) is 28.4 Å². The number of hydrogen-bond donors (Lipinski definition) is 1. The van der Waals surface area contributed by atoms with Gasteiger partial charge in [0, 0.05) is 11.6 Å². The van der Waals surface area contributed by atoms with E-state index in [2.05, 4.69) is 10.4 Å². The van der Waals surface area contributed by atoms with E-state index in [0.29, 0.717) is 35.6 Å². The molecule has 0 spiro atoms. The van der Waals surface area contributed by atoms with Crippen molar-refractivity contribution < 1.29 is 18.7 Å². The molecule has 30 heavy (non-hydrogen) atoms. The molecule has 150 valence electrons. The van der Waals surface area contributed by atoms with Crippen LogP contribution in [0.25, 0.3) is 11.0 Å². The van der Waals surface area contributed by atoms with Crippen LogP contribution in [0.15, 0.2) is 76.2 Å². The third-order valence-corrected chi connectivity index (χ3v) is 4.74. The zero-order valence-electron chi connectivity index (χ0n) is 15.8. The van der Waals surface area contributed by atoms with Crippen LogP contribution in [0.4, 0.5) is 5.69 Å². The van der Waals surface area contributed by atoms with E-state index in [4.69, 9.17) is 13.9 Å². The van der Waals surface area contributed by atoms with Crippen molar-refractivity contribution in [1.82, 2.24) is 9.78 Å². The van der Waals surface area contributed by atoms with Crippen molar-refractivity contribution >= 4 is 22.6 Å². The van der Waals surface area contributed by atoms with Crippen LogP contribution < -0.4 is 20.4 Å². The van der Waals surface area contributed by atoms with E-state index in [1.54, 1.807) is 29.1 Å². The predicted octanol–water partition coefficient (Wildman–Crippen LogP) is 3.08. The number of carbonyl (C=O) groups is 1. The molecule has 1 aliphatic rings. The number of anilines is 1. The normalized spacial score (nSPS) is 15.1. The van der Waals surface area contributed by atoms with E-state index >= 15 is 0 Å². The Hall–Kier alpha value is -4.07. The van der Waals surface area contributed by atoms with E-state index in [-0.39, 0.29) is 11.7 Å². The van der Waals surface area contributed by atoms with Crippen molar-refractivity contribution in [1.29, 1.82) is 0 Å². The smallest absolute Gasteiger partial charge is 0.349 e. The Morgan fingerprint density at radius 1 is 1.13 bits per heavy atom. The number of fused-ring (bicyclic) bond motifs is 2. The minimum absolute atomic E-state index is 0.0675. The van der Waals surface area contributed by atoms with Gasteiger partial charge < -0.3 is 19.2 Å². The summed E-state index contributed by atoms with van der Waals surface area (Å²) >= 11 is 0. The number of rotatable bonds is 4. The van der Waals surface area contributed by atoms with Gasteiger partial charge in [0.05, 0.1) is 18.4 Å². The fourth-order valence-corrected chi connectivity index (χ4v) is 3.31. The molecule has 1 N–H and O–H groups in total. The fraction of sp³-hybridized carbons (Fsp3) is 0.136. The molecule has 8 heteroatoms. The summed E-state index contributed by atoms with van der Waals surface area (Å²) in [4.78, 5) is 24.7. The zero-order chi connectivity index (χ0) is 20.5. The first-order chi connectivity index (χ1) is 14.7. The maximum absolute atomic E-state index is 12.6. The minimum Gasteiger partial charge on any atom is -0.486 e. The van der Waals surface area contributed by atoms with Crippen LogP contribution >= 0.6 is 0 Å². The first-order valence-electron chi connectivity index (χ1n) is 9.41. The average Bonchev–Trinajstić information content (AvgIpc) is 3.19. The van der Waals surface area contributed by atoms with Crippen LogP contribution in [0.1, 0.15) is 10.4 Å². The molecule has 5 rings (SSSR count). The molecule has 2 aromatic carbocycles. The van der Waals surface area contributed by atoms with Gasteiger partial charge in [-0.2, -0.15) is 5.10 Å². The molecule has 3 heterocycles. The number of nitrogens with zero attached hydrogens (tertiary/aromatic N) is 2. The van der Waals surface area contributed by atoms with Gasteiger partial charge in [-0.3, -0.25) is 9.48 Å². The van der Waals surface area contributed by atoms with Gasteiger partial charge in [-0.1, -0.05) is 30.3 Å². The number of hydrogen-bond acceptors (Lipinski definition) is 6. The second-order valence-electron chi connectivity index (χ2n) is 6.89. The molecule has 1 atom stereocenters. The molecule has 2 aromatic heterocycles. The molecular weight excluding hydrogens is 386 g/mol. The molecule has 0 aliphatic carbocycles. The monoisotopic (exact) mass is 403 g/mol. The van der Waals surface area contributed by atoms with Crippen molar-refractivity contribution in [3.05, 3.63) is 83.0 Å². The number of carbonyl (C=O) groups excluding carboxylic acids is 1. The Morgan fingerprint density at radius 3 is 2.83 bits per heavy atom. The molecule has 1 aliphatic heterocycles. The summed E-state index contributed by atoms with van der Waals surface area (Å²) in [5.74, 6) is 0.856. The van der Waals surface area contributed by atoms with Crippen molar-refractivity contribution in [2.75, 3.05) is 11.9 Å². The molecule has 0 saturated heterocycles. The van der Waals surface area contributed by atoms with E-state index in [1.807, 2.05) is 30.3 Å². The molecule has 0 bridgehead atoms. The van der Waals surface area contributed by atoms with Gasteiger partial charge >= 0.3 is 5.63 Å². The highest BCUT2D eigenvalue weighted by molar-refractivity contribution is 6.05. The van der Waals surface area contributed by atoms with Crippen LogP contribution in [0, 0.1) is 0 Å². The van der Waals surface area contributed by atoms with Crippen molar-refractivity contribution in [3.63, 3.8) is 0 Å². The lowest BCUT2D eigenvalue weighted by molar-refractivity contribution is 0.0759. The first-order valence-corrected chi connectivity index (χ1v) is 9.41. The van der Waals surface area contributed by atoms with Gasteiger partial charge in [-0.15, -0.1) is 0 Å². The Bertz CT molecular complexity index is 1290. The van der Waals surface area contributed by atoms with Gasteiger partial charge in [-0.05, 0) is 24.3 Å². The SMILES string of the molecule is O=C(Nc1cnn(C[C@H]2COc3ccccc3O2)c1)c1cc2ccccc2oc1=O. The summed E-state index contributed by atoms with van der Waals surface area (Å²) < 4.78 is 18.5. The Balaban J connectivity index is 1.28. The van der Waals surface area contributed by atoms with Crippen LogP contribution in [0.2, 0.25) is 0 Å². The molecule has 0 saturated carbocycles. The molecule has 0 radical (unpaired) electrons. The van der Waals surface area contributed by atoms with Crippen LogP contribution in [0.5, 0.6) is 11.5 Å². The van der Waals surface area contributed by atoms with E-state index in [0.717, 1.165) is 5.75 Å². The number of ether oxygens (including phenoxy) is 2. The summed E-state index contributed by atoms with van der Waals surface area (Å²) in [5.41, 5.74) is 0.139. The third-order valence-electron chi connectivity index (χ3n) is 4.74. The minimum atomic E-state index is -0.690. The van der Waals surface area contributed by atoms with E-state index < -0.39 is 11.5 Å². The van der Waals surface area contributed by atoms with Gasteiger partial charge in [0.25, 0.3) is 5.91 Å². The lowest BCUT2D eigenvalue weighted by Crippen LogP contribution is -2.33. The first kappa shape index (κ1) is 18.0. The Morgan fingerprint density at radius 2 is 1.93 bits per heavy atom. The third kappa shape index (κ3) is 3.50. The maximum atomic E-state index is 12.6. The standard InChI is InChI=1S/C22H17N3O5/c26-21(17-9-14-5-1-2-6-18(14)30-22(17)27)24-15-10-23-25(11-15)12-16-13-28-19-7-3-4-8-20(19)29-16/h1-11,16H,12-13H2,(H,24,26)/t16-/m0/s1. The van der Waals surface area contributed by atoms with E-state index in [9.17, 15) is 9.59 Å². The number of aromatic nitrogens is 2. The summed E-state index contributed by atoms with van der Waals surface area (Å²) in [6.07, 6.45) is 2.97. The topological polar surface area (TPSA) is 95.6 Å². The van der Waals surface area contributed by atoms with Gasteiger partial charge in [-0.25, -0.2) is 4.79 Å². The number of nitrogens with one attached hydrogen (secondary N) is 1. The number of amides is 1. The summed E-state index contributed by atoms with van der Waals surface area (Å²) in [6, 6.07) is 16.0. The highest BCUT2D eigenvalue weighted by Crippen LogP contribution is 2.31. The molecule has 1 amide bonds. The number of para-hydroxylation sites is 3. The fourth-order valence-electron chi connectivity index (χ4n) is 3.31. The van der Waals surface area contributed by atoms with Gasteiger partial charge in [0.1, 0.15) is 17.8 Å². The zero-order valence-corrected chi connectivity index (χ0v) is 15.8. The predicted molar refractivity (Wildman–Crippen MR) is 109 cm³/mol. The summed E-state index contributed by atoms with van der Waals surface area (Å²) in [5, 5.41) is 7.61. The van der Waals surface area contributed by atoms with Crippen LogP contribution in [-0.2, 0) is 6.54 Å². The van der Waals surface area contributed by atoms with Crippen molar-refractivity contribution in [2.24, 2.45) is 0 Å². The molecule has 0 fully saturated rings. The molecule has 0 unspecified atom stereocenters. The highest BCUT2D eigenvalue weighted by Gasteiger charge is 2.21. The molecule has 8 nitrogen and oxygen atoms in total. The second kappa shape index (κ2) is 7.40. The Kier molecular flexibility index (Phi) is 4.44. The van der Waals surface area contributed by atoms with E-state index in [1.165, 1.54) is 12.3 Å². The quantitative estimate of drug-likeness (QED) is 0.526. The highest BCUT2D eigenvalue weighted by atomic mass is 16.6. The van der Waals surface area contributed by atoms with Gasteiger partial charge in [0.15, 0.2) is 17.6 Å². The second-order valence-corrected chi connectivity index (χ2v) is 6.89.